The predicted octanol–water partition coefficient (Wildman–Crippen LogP) is -0.653. The van der Waals surface area contributed by atoms with Crippen molar-refractivity contribution < 1.29 is 24.5 Å². The van der Waals surface area contributed by atoms with Crippen molar-refractivity contribution in [2.45, 2.75) is 31.6 Å². The molecule has 0 spiro atoms. The van der Waals surface area contributed by atoms with Crippen molar-refractivity contribution in [3.8, 4) is 0 Å². The first kappa shape index (κ1) is 13.1. The minimum atomic E-state index is -1.07. The summed E-state index contributed by atoms with van der Waals surface area (Å²) in [5.74, 6) is -1.07. The number of urea groups is 1. The van der Waals surface area contributed by atoms with Gasteiger partial charge in [-0.15, -0.1) is 0 Å². The fraction of sp³-hybridized carbons (Fsp3) is 0.818. The molecule has 2 aliphatic heterocycles. The van der Waals surface area contributed by atoms with Crippen LogP contribution in [0.15, 0.2) is 0 Å². The van der Waals surface area contributed by atoms with E-state index in [1.807, 2.05) is 6.92 Å². The summed E-state index contributed by atoms with van der Waals surface area (Å²) in [6.07, 6.45) is -0.701. The summed E-state index contributed by atoms with van der Waals surface area (Å²) in [5.41, 5.74) is 0. The lowest BCUT2D eigenvalue weighted by atomic mass is 10.2. The quantitative estimate of drug-likeness (QED) is 0.652. The van der Waals surface area contributed by atoms with E-state index in [0.717, 1.165) is 0 Å². The first-order valence-electron chi connectivity index (χ1n) is 6.07. The van der Waals surface area contributed by atoms with Gasteiger partial charge in [0.25, 0.3) is 0 Å². The van der Waals surface area contributed by atoms with Crippen LogP contribution in [0.5, 0.6) is 0 Å². The van der Waals surface area contributed by atoms with Gasteiger partial charge in [-0.2, -0.15) is 0 Å². The van der Waals surface area contributed by atoms with Gasteiger partial charge < -0.3 is 24.7 Å². The molecule has 0 radical (unpaired) electrons. The Hall–Kier alpha value is -1.34. The van der Waals surface area contributed by atoms with Gasteiger partial charge in [0.1, 0.15) is 6.04 Å². The molecular weight excluding hydrogens is 240 g/mol. The molecule has 2 saturated heterocycles. The molecule has 7 nitrogen and oxygen atoms in total. The van der Waals surface area contributed by atoms with Crippen molar-refractivity contribution in [2.75, 3.05) is 26.2 Å². The third-order valence-electron chi connectivity index (χ3n) is 3.32. The minimum Gasteiger partial charge on any atom is -0.480 e. The van der Waals surface area contributed by atoms with E-state index < -0.39 is 18.1 Å². The second-order valence-electron chi connectivity index (χ2n) is 4.81. The van der Waals surface area contributed by atoms with E-state index >= 15 is 0 Å². The van der Waals surface area contributed by atoms with Gasteiger partial charge in [-0.1, -0.05) is 0 Å². The lowest BCUT2D eigenvalue weighted by molar-refractivity contribution is -0.141. The molecule has 102 valence electrons. The highest BCUT2D eigenvalue weighted by Crippen LogP contribution is 2.21. The number of hydrogen-bond acceptors (Lipinski definition) is 4. The molecular formula is C11H18N2O5. The Kier molecular flexibility index (Phi) is 3.72. The highest BCUT2D eigenvalue weighted by atomic mass is 16.5. The van der Waals surface area contributed by atoms with Gasteiger partial charge in [-0.3, -0.25) is 0 Å². The molecule has 0 aliphatic carbocycles. The number of aliphatic hydroxyl groups excluding tert-OH is 1. The van der Waals surface area contributed by atoms with E-state index in [0.29, 0.717) is 19.7 Å². The zero-order chi connectivity index (χ0) is 13.3. The summed E-state index contributed by atoms with van der Waals surface area (Å²) < 4.78 is 5.34. The zero-order valence-corrected chi connectivity index (χ0v) is 10.3. The van der Waals surface area contributed by atoms with E-state index in [1.165, 1.54) is 4.90 Å². The van der Waals surface area contributed by atoms with Crippen LogP contribution < -0.4 is 0 Å². The number of rotatable bonds is 1. The molecule has 2 N–H and O–H groups in total. The number of aliphatic hydroxyl groups is 1. The maximum Gasteiger partial charge on any atom is 0.326 e. The SMILES string of the molecule is CC1CN(C(=O)N2CC(O)CC2C(=O)O)CCO1. The predicted molar refractivity (Wildman–Crippen MR) is 61.1 cm³/mol. The molecule has 2 aliphatic rings. The number of ether oxygens (including phenoxy) is 1. The number of carboxylic acids is 1. The molecule has 2 amide bonds. The van der Waals surface area contributed by atoms with Crippen LogP contribution in [0, 0.1) is 0 Å². The Morgan fingerprint density at radius 3 is 2.67 bits per heavy atom. The Labute approximate surface area is 105 Å². The number of amides is 2. The second-order valence-corrected chi connectivity index (χ2v) is 4.81. The highest BCUT2D eigenvalue weighted by molar-refractivity contribution is 5.83. The lowest BCUT2D eigenvalue weighted by Crippen LogP contribution is -2.53. The topological polar surface area (TPSA) is 90.3 Å². The number of morpholine rings is 1. The molecule has 7 heteroatoms. The van der Waals surface area contributed by atoms with Crippen LogP contribution in [-0.2, 0) is 9.53 Å². The second kappa shape index (κ2) is 5.11. The van der Waals surface area contributed by atoms with Gasteiger partial charge in [0.2, 0.25) is 0 Å². The lowest BCUT2D eigenvalue weighted by Gasteiger charge is -2.35. The molecule has 2 fully saturated rings. The molecule has 3 atom stereocenters. The molecule has 0 aromatic heterocycles. The number of carbonyl (C=O) groups excluding carboxylic acids is 1. The standard InChI is InChI=1S/C11H18N2O5/c1-7-5-12(2-3-18-7)11(17)13-6-8(14)4-9(13)10(15)16/h7-9,14H,2-6H2,1H3,(H,15,16). The minimum absolute atomic E-state index is 0.0431. The van der Waals surface area contributed by atoms with Crippen LogP contribution in [0.4, 0.5) is 4.79 Å². The smallest absolute Gasteiger partial charge is 0.326 e. The van der Waals surface area contributed by atoms with Gasteiger partial charge in [-0.05, 0) is 6.92 Å². The van der Waals surface area contributed by atoms with Crippen molar-refractivity contribution in [2.24, 2.45) is 0 Å². The molecule has 0 saturated carbocycles. The Bertz CT molecular complexity index is 348. The number of hydrogen-bond donors (Lipinski definition) is 2. The van der Waals surface area contributed by atoms with E-state index in [9.17, 15) is 14.7 Å². The molecule has 3 unspecified atom stereocenters. The van der Waals surface area contributed by atoms with Gasteiger partial charge in [0.15, 0.2) is 0 Å². The van der Waals surface area contributed by atoms with E-state index in [2.05, 4.69) is 0 Å². The molecule has 2 rings (SSSR count). The van der Waals surface area contributed by atoms with Crippen molar-refractivity contribution >= 4 is 12.0 Å². The fourth-order valence-corrected chi connectivity index (χ4v) is 2.43. The zero-order valence-electron chi connectivity index (χ0n) is 10.3. The van der Waals surface area contributed by atoms with Crippen LogP contribution in [0.1, 0.15) is 13.3 Å². The first-order chi connectivity index (χ1) is 8.49. The van der Waals surface area contributed by atoms with Crippen LogP contribution in [0.3, 0.4) is 0 Å². The number of carboxylic acid groups (broad SMARTS) is 1. The number of likely N-dealkylation sites (tertiary alicyclic amines) is 1. The number of aliphatic carboxylic acids is 1. The Balaban J connectivity index is 2.05. The van der Waals surface area contributed by atoms with Crippen molar-refractivity contribution in [1.29, 1.82) is 0 Å². The summed E-state index contributed by atoms with van der Waals surface area (Å²) >= 11 is 0. The van der Waals surface area contributed by atoms with Gasteiger partial charge >= 0.3 is 12.0 Å². The largest absolute Gasteiger partial charge is 0.480 e. The van der Waals surface area contributed by atoms with Crippen LogP contribution in [0.25, 0.3) is 0 Å². The molecule has 0 aromatic carbocycles. The molecule has 18 heavy (non-hydrogen) atoms. The maximum atomic E-state index is 12.2. The van der Waals surface area contributed by atoms with Crippen LogP contribution in [-0.4, -0.2) is 76.5 Å². The van der Waals surface area contributed by atoms with Crippen LogP contribution >= 0.6 is 0 Å². The normalized spacial score (nSPS) is 32.7. The molecule has 0 bridgehead atoms. The Morgan fingerprint density at radius 2 is 2.06 bits per heavy atom. The molecule has 0 aromatic rings. The van der Waals surface area contributed by atoms with Gasteiger partial charge in [0.05, 0.1) is 18.8 Å². The van der Waals surface area contributed by atoms with E-state index in [-0.39, 0.29) is 25.1 Å². The van der Waals surface area contributed by atoms with Gasteiger partial charge in [-0.25, -0.2) is 9.59 Å². The number of β-amino-alcohol motifs (C(OH)–C–C–N with tert-alkyl or cyclic N) is 1. The number of nitrogens with zero attached hydrogens (tertiary/aromatic N) is 2. The number of carbonyl (C=O) groups is 2. The monoisotopic (exact) mass is 258 g/mol. The fourth-order valence-electron chi connectivity index (χ4n) is 2.43. The first-order valence-corrected chi connectivity index (χ1v) is 6.07. The van der Waals surface area contributed by atoms with Crippen molar-refractivity contribution in [1.82, 2.24) is 9.80 Å². The highest BCUT2D eigenvalue weighted by Gasteiger charge is 2.41. The summed E-state index contributed by atoms with van der Waals surface area (Å²) in [4.78, 5) is 26.1. The Morgan fingerprint density at radius 1 is 1.33 bits per heavy atom. The third-order valence-corrected chi connectivity index (χ3v) is 3.32. The summed E-state index contributed by atoms with van der Waals surface area (Å²) in [7, 11) is 0. The average Bonchev–Trinajstić information content (AvgIpc) is 2.70. The summed E-state index contributed by atoms with van der Waals surface area (Å²) in [6.45, 7) is 3.33. The maximum absolute atomic E-state index is 12.2. The summed E-state index contributed by atoms with van der Waals surface area (Å²) in [5, 5.41) is 18.6. The van der Waals surface area contributed by atoms with E-state index in [1.54, 1.807) is 4.90 Å². The van der Waals surface area contributed by atoms with Crippen LogP contribution in [0.2, 0.25) is 0 Å². The van der Waals surface area contributed by atoms with E-state index in [4.69, 9.17) is 9.84 Å². The van der Waals surface area contributed by atoms with Gasteiger partial charge in [0, 0.05) is 26.1 Å². The average molecular weight is 258 g/mol. The van der Waals surface area contributed by atoms with Crippen molar-refractivity contribution in [3.05, 3.63) is 0 Å². The van der Waals surface area contributed by atoms with Crippen molar-refractivity contribution in [3.63, 3.8) is 0 Å². The third kappa shape index (κ3) is 2.56. The summed E-state index contributed by atoms with van der Waals surface area (Å²) in [6, 6.07) is -1.25. The molecule has 2 heterocycles.